The van der Waals surface area contributed by atoms with Crippen LogP contribution >= 0.6 is 0 Å². The van der Waals surface area contributed by atoms with Gasteiger partial charge in [0.05, 0.1) is 31.3 Å². The van der Waals surface area contributed by atoms with Gasteiger partial charge in [0.25, 0.3) is 0 Å². The summed E-state index contributed by atoms with van der Waals surface area (Å²) in [5.41, 5.74) is 2.45. The second-order valence-electron chi connectivity index (χ2n) is 5.76. The number of hydrogen-bond donors (Lipinski definition) is 2. The van der Waals surface area contributed by atoms with Crippen LogP contribution in [0.15, 0.2) is 54.7 Å². The number of nitrogens with one attached hydrogen (secondary N) is 2. The summed E-state index contributed by atoms with van der Waals surface area (Å²) in [6.45, 7) is 2.41. The lowest BCUT2D eigenvalue weighted by atomic mass is 10.1. The molecule has 0 fully saturated rings. The number of benzene rings is 2. The van der Waals surface area contributed by atoms with E-state index in [2.05, 4.69) is 15.6 Å². The molecule has 7 heteroatoms. The normalized spacial score (nSPS) is 10.3. The minimum absolute atomic E-state index is 0.392. The summed E-state index contributed by atoms with van der Waals surface area (Å²) in [6.07, 6.45) is 1.71. The zero-order valence-corrected chi connectivity index (χ0v) is 15.5. The number of urea groups is 1. The molecule has 0 aliphatic rings. The first-order valence-electron chi connectivity index (χ1n) is 8.58. The number of methoxy groups -OCH3 is 1. The Morgan fingerprint density at radius 1 is 1.11 bits per heavy atom. The largest absolute Gasteiger partial charge is 0.497 e. The molecule has 3 rings (SSSR count). The summed E-state index contributed by atoms with van der Waals surface area (Å²) in [7, 11) is 3.47. The number of imidazole rings is 1. The molecule has 0 spiro atoms. The molecule has 0 saturated heterocycles. The van der Waals surface area contributed by atoms with Crippen LogP contribution < -0.4 is 20.1 Å². The monoisotopic (exact) mass is 366 g/mol. The van der Waals surface area contributed by atoms with E-state index in [0.717, 1.165) is 17.0 Å². The highest BCUT2D eigenvalue weighted by atomic mass is 16.5. The summed E-state index contributed by atoms with van der Waals surface area (Å²) in [4.78, 5) is 16.7. The van der Waals surface area contributed by atoms with E-state index in [0.29, 0.717) is 24.0 Å². The highest BCUT2D eigenvalue weighted by Crippen LogP contribution is 2.26. The summed E-state index contributed by atoms with van der Waals surface area (Å²) in [5.74, 6) is 1.84. The summed E-state index contributed by atoms with van der Waals surface area (Å²) >= 11 is 0. The molecule has 0 aliphatic heterocycles. The van der Waals surface area contributed by atoms with Gasteiger partial charge >= 0.3 is 6.03 Å². The van der Waals surface area contributed by atoms with Gasteiger partial charge in [-0.1, -0.05) is 12.1 Å². The van der Waals surface area contributed by atoms with Crippen molar-refractivity contribution in [3.63, 3.8) is 0 Å². The van der Waals surface area contributed by atoms with Gasteiger partial charge in [-0.15, -0.1) is 0 Å². The number of para-hydroxylation sites is 2. The second kappa shape index (κ2) is 8.27. The van der Waals surface area contributed by atoms with E-state index in [9.17, 15) is 4.79 Å². The van der Waals surface area contributed by atoms with E-state index in [4.69, 9.17) is 9.47 Å². The molecule has 1 aromatic heterocycles. The Morgan fingerprint density at radius 3 is 2.56 bits per heavy atom. The van der Waals surface area contributed by atoms with Crippen LogP contribution in [-0.2, 0) is 7.05 Å². The molecular weight excluding hydrogens is 344 g/mol. The average molecular weight is 366 g/mol. The highest BCUT2D eigenvalue weighted by Gasteiger charge is 2.13. The quantitative estimate of drug-likeness (QED) is 0.687. The number of aromatic nitrogens is 2. The third kappa shape index (κ3) is 4.20. The number of hydrogen-bond acceptors (Lipinski definition) is 4. The molecule has 2 N–H and O–H groups in total. The minimum atomic E-state index is -0.392. The van der Waals surface area contributed by atoms with Crippen LogP contribution in [-0.4, -0.2) is 29.3 Å². The third-order valence-electron chi connectivity index (χ3n) is 4.03. The molecule has 0 unspecified atom stereocenters. The van der Waals surface area contributed by atoms with Crippen LogP contribution in [0.2, 0.25) is 0 Å². The maximum Gasteiger partial charge on any atom is 0.326 e. The number of amides is 2. The van der Waals surface area contributed by atoms with Gasteiger partial charge in [-0.2, -0.15) is 0 Å². The molecule has 0 bridgehead atoms. The predicted octanol–water partition coefficient (Wildman–Crippen LogP) is 4.14. The molecule has 27 heavy (non-hydrogen) atoms. The Labute approximate surface area is 157 Å². The van der Waals surface area contributed by atoms with Gasteiger partial charge in [0.15, 0.2) is 0 Å². The average Bonchev–Trinajstić information content (AvgIpc) is 3.04. The Balaban J connectivity index is 1.73. The zero-order chi connectivity index (χ0) is 19.2. The maximum atomic E-state index is 12.4. The Bertz CT molecular complexity index is 919. The van der Waals surface area contributed by atoms with Crippen molar-refractivity contribution in [2.24, 2.45) is 7.05 Å². The number of carbonyl (C=O) groups is 1. The lowest BCUT2D eigenvalue weighted by Crippen LogP contribution is -2.22. The molecular formula is C20H22N4O3. The van der Waals surface area contributed by atoms with E-state index in [1.807, 2.05) is 61.0 Å². The van der Waals surface area contributed by atoms with Crippen LogP contribution in [0.4, 0.5) is 16.4 Å². The van der Waals surface area contributed by atoms with Crippen molar-refractivity contribution < 1.29 is 14.3 Å². The van der Waals surface area contributed by atoms with Gasteiger partial charge in [-0.05, 0) is 43.3 Å². The van der Waals surface area contributed by atoms with Gasteiger partial charge in [-0.25, -0.2) is 9.78 Å². The van der Waals surface area contributed by atoms with Crippen molar-refractivity contribution >= 4 is 17.7 Å². The molecule has 7 nitrogen and oxygen atoms in total. The summed E-state index contributed by atoms with van der Waals surface area (Å²) in [5, 5.41) is 5.55. The Hall–Kier alpha value is -3.48. The number of carbonyl (C=O) groups excluding carboxylic acids is 1. The molecule has 0 radical (unpaired) electrons. The van der Waals surface area contributed by atoms with E-state index < -0.39 is 6.03 Å². The fourth-order valence-corrected chi connectivity index (χ4v) is 2.66. The van der Waals surface area contributed by atoms with Crippen LogP contribution in [0.25, 0.3) is 11.3 Å². The standard InChI is InChI=1S/C20H22N4O3/c1-4-27-18-8-6-5-7-16(18)22-20(25)23-19-21-13-17(24(19)2)14-9-11-15(26-3)12-10-14/h5-13H,4H2,1-3H3,(H2,21,22,23,25). The van der Waals surface area contributed by atoms with Gasteiger partial charge < -0.3 is 19.4 Å². The first-order chi connectivity index (χ1) is 13.1. The Morgan fingerprint density at radius 2 is 1.85 bits per heavy atom. The molecule has 140 valence electrons. The lowest BCUT2D eigenvalue weighted by Gasteiger charge is -2.12. The molecule has 0 saturated carbocycles. The zero-order valence-electron chi connectivity index (χ0n) is 15.5. The summed E-state index contributed by atoms with van der Waals surface area (Å²) < 4.78 is 12.5. The number of anilines is 2. The fraction of sp³-hybridized carbons (Fsp3) is 0.200. The lowest BCUT2D eigenvalue weighted by molar-refractivity contribution is 0.261. The molecule has 3 aromatic rings. The van der Waals surface area contributed by atoms with Crippen molar-refractivity contribution in [1.29, 1.82) is 0 Å². The highest BCUT2D eigenvalue weighted by molar-refractivity contribution is 5.99. The van der Waals surface area contributed by atoms with Crippen LogP contribution in [0.1, 0.15) is 6.92 Å². The van der Waals surface area contributed by atoms with Gasteiger partial charge in [0.1, 0.15) is 11.5 Å². The fourth-order valence-electron chi connectivity index (χ4n) is 2.66. The van der Waals surface area contributed by atoms with Crippen LogP contribution in [0.3, 0.4) is 0 Å². The topological polar surface area (TPSA) is 77.4 Å². The van der Waals surface area contributed by atoms with Gasteiger partial charge in [0, 0.05) is 12.6 Å². The molecule has 0 aliphatic carbocycles. The third-order valence-corrected chi connectivity index (χ3v) is 4.03. The van der Waals surface area contributed by atoms with Gasteiger partial charge in [0.2, 0.25) is 5.95 Å². The van der Waals surface area contributed by atoms with Crippen molar-refractivity contribution in [2.75, 3.05) is 24.4 Å². The van der Waals surface area contributed by atoms with E-state index in [1.165, 1.54) is 0 Å². The number of nitrogens with zero attached hydrogens (tertiary/aromatic N) is 2. The second-order valence-corrected chi connectivity index (χ2v) is 5.76. The Kier molecular flexibility index (Phi) is 5.61. The molecule has 2 aromatic carbocycles. The van der Waals surface area contributed by atoms with E-state index in [-0.39, 0.29) is 0 Å². The maximum absolute atomic E-state index is 12.4. The molecule has 2 amide bonds. The predicted molar refractivity (Wildman–Crippen MR) is 105 cm³/mol. The minimum Gasteiger partial charge on any atom is -0.497 e. The SMILES string of the molecule is CCOc1ccccc1NC(=O)Nc1ncc(-c2ccc(OC)cc2)n1C. The summed E-state index contributed by atoms with van der Waals surface area (Å²) in [6, 6.07) is 14.5. The van der Waals surface area contributed by atoms with E-state index in [1.54, 1.807) is 19.4 Å². The van der Waals surface area contributed by atoms with Gasteiger partial charge in [-0.3, -0.25) is 5.32 Å². The molecule has 1 heterocycles. The van der Waals surface area contributed by atoms with Crippen molar-refractivity contribution in [1.82, 2.24) is 9.55 Å². The van der Waals surface area contributed by atoms with Crippen LogP contribution in [0, 0.1) is 0 Å². The number of rotatable bonds is 6. The first-order valence-corrected chi connectivity index (χ1v) is 8.58. The van der Waals surface area contributed by atoms with E-state index >= 15 is 0 Å². The van der Waals surface area contributed by atoms with Crippen LogP contribution in [0.5, 0.6) is 11.5 Å². The first kappa shape index (κ1) is 18.3. The smallest absolute Gasteiger partial charge is 0.326 e. The van der Waals surface area contributed by atoms with Crippen molar-refractivity contribution in [3.8, 4) is 22.8 Å². The molecule has 0 atom stereocenters. The van der Waals surface area contributed by atoms with Crippen molar-refractivity contribution in [3.05, 3.63) is 54.7 Å². The van der Waals surface area contributed by atoms with Crippen molar-refractivity contribution in [2.45, 2.75) is 6.92 Å². The number of ether oxygens (including phenoxy) is 2.